The Morgan fingerprint density at radius 1 is 1.40 bits per heavy atom. The Morgan fingerprint density at radius 2 is 2.10 bits per heavy atom. The average molecular weight is 361 g/mol. The van der Waals surface area contributed by atoms with E-state index in [1.807, 2.05) is 19.9 Å². The number of rotatable bonds is 8. The van der Waals surface area contributed by atoms with E-state index in [2.05, 4.69) is 27.8 Å². The van der Waals surface area contributed by atoms with Gasteiger partial charge in [0.25, 0.3) is 0 Å². The molecular weight excluding hydrogens is 340 g/mol. The summed E-state index contributed by atoms with van der Waals surface area (Å²) in [6, 6.07) is 5.41. The summed E-state index contributed by atoms with van der Waals surface area (Å²) in [7, 11) is -3.50. The van der Waals surface area contributed by atoms with Crippen molar-refractivity contribution >= 4 is 26.0 Å². The molecule has 0 spiro atoms. The van der Waals surface area contributed by atoms with Crippen molar-refractivity contribution in [3.8, 4) is 0 Å². The van der Waals surface area contributed by atoms with Crippen LogP contribution in [0.3, 0.4) is 0 Å². The standard InChI is InChI=1S/C14H21BrN2O2S/c1-4-9-17(6-3)20(18,19)14-10-12(11-16-5-2)7-8-13(14)15/h4,7-8,10,16H,1,5-6,9,11H2,2-3H3. The van der Waals surface area contributed by atoms with Crippen LogP contribution in [0.5, 0.6) is 0 Å². The van der Waals surface area contributed by atoms with Gasteiger partial charge in [0.2, 0.25) is 10.0 Å². The SMILES string of the molecule is C=CCN(CC)S(=O)(=O)c1cc(CNCC)ccc1Br. The highest BCUT2D eigenvalue weighted by atomic mass is 79.9. The van der Waals surface area contributed by atoms with Crippen LogP contribution in [0.1, 0.15) is 19.4 Å². The Kier molecular flexibility index (Phi) is 6.88. The van der Waals surface area contributed by atoms with Crippen molar-refractivity contribution in [3.63, 3.8) is 0 Å². The normalized spacial score (nSPS) is 11.8. The van der Waals surface area contributed by atoms with E-state index in [0.29, 0.717) is 29.0 Å². The van der Waals surface area contributed by atoms with Crippen molar-refractivity contribution in [3.05, 3.63) is 40.9 Å². The van der Waals surface area contributed by atoms with Crippen molar-refractivity contribution < 1.29 is 8.42 Å². The van der Waals surface area contributed by atoms with Crippen LogP contribution >= 0.6 is 15.9 Å². The smallest absolute Gasteiger partial charge is 0.244 e. The van der Waals surface area contributed by atoms with Crippen LogP contribution in [0.4, 0.5) is 0 Å². The topological polar surface area (TPSA) is 49.4 Å². The summed E-state index contributed by atoms with van der Waals surface area (Å²) in [5.41, 5.74) is 0.947. The number of hydrogen-bond donors (Lipinski definition) is 1. The van der Waals surface area contributed by atoms with E-state index >= 15 is 0 Å². The Labute approximate surface area is 130 Å². The summed E-state index contributed by atoms with van der Waals surface area (Å²) >= 11 is 3.33. The fourth-order valence-corrected chi connectivity index (χ4v) is 4.20. The van der Waals surface area contributed by atoms with Gasteiger partial charge < -0.3 is 5.32 Å². The number of nitrogens with one attached hydrogen (secondary N) is 1. The lowest BCUT2D eigenvalue weighted by molar-refractivity contribution is 0.459. The molecule has 112 valence electrons. The van der Waals surface area contributed by atoms with Gasteiger partial charge in [-0.15, -0.1) is 6.58 Å². The molecule has 0 saturated carbocycles. The number of sulfonamides is 1. The zero-order valence-electron chi connectivity index (χ0n) is 11.9. The summed E-state index contributed by atoms with van der Waals surface area (Å²) in [4.78, 5) is 0.302. The van der Waals surface area contributed by atoms with Gasteiger partial charge in [0.05, 0.1) is 4.90 Å². The summed E-state index contributed by atoms with van der Waals surface area (Å²) in [5, 5.41) is 3.19. The summed E-state index contributed by atoms with van der Waals surface area (Å²) < 4.78 is 27.2. The maximum atomic E-state index is 12.6. The van der Waals surface area contributed by atoms with Crippen LogP contribution < -0.4 is 5.32 Å². The van der Waals surface area contributed by atoms with E-state index in [1.165, 1.54) is 4.31 Å². The van der Waals surface area contributed by atoms with E-state index in [0.717, 1.165) is 12.1 Å². The molecule has 1 aromatic carbocycles. The molecule has 0 heterocycles. The van der Waals surface area contributed by atoms with Crippen LogP contribution in [0.2, 0.25) is 0 Å². The molecule has 0 amide bonds. The molecule has 1 rings (SSSR count). The van der Waals surface area contributed by atoms with E-state index < -0.39 is 10.0 Å². The van der Waals surface area contributed by atoms with Crippen LogP contribution in [0.15, 0.2) is 40.2 Å². The van der Waals surface area contributed by atoms with Gasteiger partial charge in [0, 0.05) is 24.1 Å². The number of likely N-dealkylation sites (N-methyl/N-ethyl adjacent to an activating group) is 1. The van der Waals surface area contributed by atoms with Crippen LogP contribution in [0, 0.1) is 0 Å². The minimum absolute atomic E-state index is 0.302. The molecule has 4 nitrogen and oxygen atoms in total. The van der Waals surface area contributed by atoms with Crippen molar-refractivity contribution in [2.75, 3.05) is 19.6 Å². The van der Waals surface area contributed by atoms with Crippen molar-refractivity contribution in [1.29, 1.82) is 0 Å². The van der Waals surface area contributed by atoms with E-state index in [1.54, 1.807) is 18.2 Å². The van der Waals surface area contributed by atoms with Crippen LogP contribution in [0.25, 0.3) is 0 Å². The molecule has 0 bridgehead atoms. The molecule has 0 fully saturated rings. The largest absolute Gasteiger partial charge is 0.313 e. The third-order valence-corrected chi connectivity index (χ3v) is 5.81. The summed E-state index contributed by atoms with van der Waals surface area (Å²) in [6.45, 7) is 9.66. The summed E-state index contributed by atoms with van der Waals surface area (Å²) in [6.07, 6.45) is 1.59. The van der Waals surface area contributed by atoms with Crippen molar-refractivity contribution in [2.24, 2.45) is 0 Å². The van der Waals surface area contributed by atoms with Crippen molar-refractivity contribution in [2.45, 2.75) is 25.3 Å². The van der Waals surface area contributed by atoms with Gasteiger partial charge in [0.1, 0.15) is 0 Å². The first-order valence-electron chi connectivity index (χ1n) is 6.57. The third-order valence-electron chi connectivity index (χ3n) is 2.88. The molecule has 6 heteroatoms. The Bertz CT molecular complexity index is 558. The number of nitrogens with zero attached hydrogens (tertiary/aromatic N) is 1. The highest BCUT2D eigenvalue weighted by Crippen LogP contribution is 2.26. The lowest BCUT2D eigenvalue weighted by atomic mass is 10.2. The molecule has 0 atom stereocenters. The highest BCUT2D eigenvalue weighted by molar-refractivity contribution is 9.10. The van der Waals surface area contributed by atoms with Gasteiger partial charge >= 0.3 is 0 Å². The zero-order chi connectivity index (χ0) is 15.2. The predicted octanol–water partition coefficient (Wildman–Crippen LogP) is 2.76. The molecule has 0 aliphatic rings. The fraction of sp³-hybridized carbons (Fsp3) is 0.429. The van der Waals surface area contributed by atoms with E-state index in [4.69, 9.17) is 0 Å². The maximum absolute atomic E-state index is 12.6. The maximum Gasteiger partial charge on any atom is 0.244 e. The van der Waals surface area contributed by atoms with Gasteiger partial charge in [-0.1, -0.05) is 26.0 Å². The second-order valence-electron chi connectivity index (χ2n) is 4.29. The number of halogens is 1. The van der Waals surface area contributed by atoms with Crippen molar-refractivity contribution in [1.82, 2.24) is 9.62 Å². The molecule has 0 aliphatic heterocycles. The first-order valence-corrected chi connectivity index (χ1v) is 8.80. The lowest BCUT2D eigenvalue weighted by Crippen LogP contribution is -2.31. The molecule has 0 saturated heterocycles. The van der Waals surface area contributed by atoms with Crippen LogP contribution in [-0.2, 0) is 16.6 Å². The average Bonchev–Trinajstić information content (AvgIpc) is 2.43. The summed E-state index contributed by atoms with van der Waals surface area (Å²) in [5.74, 6) is 0. The minimum atomic E-state index is -3.50. The first-order chi connectivity index (χ1) is 9.47. The molecule has 1 aromatic rings. The Balaban J connectivity index is 3.18. The second kappa shape index (κ2) is 7.93. The molecule has 20 heavy (non-hydrogen) atoms. The highest BCUT2D eigenvalue weighted by Gasteiger charge is 2.24. The third kappa shape index (κ3) is 4.15. The zero-order valence-corrected chi connectivity index (χ0v) is 14.3. The number of hydrogen-bond acceptors (Lipinski definition) is 3. The second-order valence-corrected chi connectivity index (χ2v) is 7.05. The lowest BCUT2D eigenvalue weighted by Gasteiger charge is -2.20. The van der Waals surface area contributed by atoms with Gasteiger partial charge in [-0.3, -0.25) is 0 Å². The van der Waals surface area contributed by atoms with Gasteiger partial charge in [0.15, 0.2) is 0 Å². The molecule has 0 unspecified atom stereocenters. The Hall–Kier alpha value is -0.690. The predicted molar refractivity (Wildman–Crippen MR) is 86.2 cm³/mol. The van der Waals surface area contributed by atoms with Gasteiger partial charge in [-0.25, -0.2) is 8.42 Å². The molecule has 0 aliphatic carbocycles. The van der Waals surface area contributed by atoms with Gasteiger partial charge in [-0.2, -0.15) is 4.31 Å². The quantitative estimate of drug-likeness (QED) is 0.725. The fourth-order valence-electron chi connectivity index (χ4n) is 1.81. The number of benzene rings is 1. The molecule has 0 radical (unpaired) electrons. The van der Waals surface area contributed by atoms with E-state index in [9.17, 15) is 8.42 Å². The molecule has 1 N–H and O–H groups in total. The monoisotopic (exact) mass is 360 g/mol. The molecular formula is C14H21BrN2O2S. The Morgan fingerprint density at radius 3 is 2.65 bits per heavy atom. The molecule has 0 aromatic heterocycles. The van der Waals surface area contributed by atoms with E-state index in [-0.39, 0.29) is 0 Å². The van der Waals surface area contributed by atoms with Crippen LogP contribution in [-0.4, -0.2) is 32.4 Å². The van der Waals surface area contributed by atoms with Gasteiger partial charge in [-0.05, 0) is 40.2 Å². The first kappa shape index (κ1) is 17.4. The minimum Gasteiger partial charge on any atom is -0.313 e.